The fourth-order valence-electron chi connectivity index (χ4n) is 2.50. The van der Waals surface area contributed by atoms with Crippen LogP contribution in [0.5, 0.6) is 5.75 Å². The minimum Gasteiger partial charge on any atom is -0.494 e. The molecule has 0 radical (unpaired) electrons. The van der Waals surface area contributed by atoms with Gasteiger partial charge in [0.1, 0.15) is 5.75 Å². The third-order valence-electron chi connectivity index (χ3n) is 3.81. The SMILES string of the molecule is CCCCOCc1cc(C(=O)N2CCOCC2)ccc1OCC. The van der Waals surface area contributed by atoms with Crippen LogP contribution in [0.4, 0.5) is 0 Å². The van der Waals surface area contributed by atoms with Crippen molar-refractivity contribution in [1.29, 1.82) is 0 Å². The van der Waals surface area contributed by atoms with Crippen molar-refractivity contribution in [3.63, 3.8) is 0 Å². The molecule has 1 fully saturated rings. The molecule has 0 aliphatic carbocycles. The number of ether oxygens (including phenoxy) is 3. The van der Waals surface area contributed by atoms with Crippen LogP contribution in [0.2, 0.25) is 0 Å². The van der Waals surface area contributed by atoms with E-state index in [1.54, 1.807) is 0 Å². The Morgan fingerprint density at radius 1 is 1.26 bits per heavy atom. The maximum absolute atomic E-state index is 12.6. The van der Waals surface area contributed by atoms with Gasteiger partial charge in [-0.15, -0.1) is 0 Å². The third kappa shape index (κ3) is 5.22. The molecular weight excluding hydrogens is 294 g/mol. The minimum atomic E-state index is 0.0474. The third-order valence-corrected chi connectivity index (χ3v) is 3.81. The maximum atomic E-state index is 12.6. The molecule has 1 saturated heterocycles. The number of morpholine rings is 1. The van der Waals surface area contributed by atoms with E-state index in [2.05, 4.69) is 6.92 Å². The van der Waals surface area contributed by atoms with Crippen molar-refractivity contribution in [2.45, 2.75) is 33.3 Å². The monoisotopic (exact) mass is 321 g/mol. The lowest BCUT2D eigenvalue weighted by atomic mass is 10.1. The highest BCUT2D eigenvalue weighted by Gasteiger charge is 2.19. The van der Waals surface area contributed by atoms with Gasteiger partial charge < -0.3 is 19.1 Å². The molecule has 0 atom stereocenters. The molecule has 5 nitrogen and oxygen atoms in total. The van der Waals surface area contributed by atoms with Gasteiger partial charge in [0.05, 0.1) is 26.4 Å². The number of hydrogen-bond acceptors (Lipinski definition) is 4. The molecule has 0 bridgehead atoms. The lowest BCUT2D eigenvalue weighted by Gasteiger charge is -2.27. The molecule has 5 heteroatoms. The van der Waals surface area contributed by atoms with Crippen LogP contribution < -0.4 is 4.74 Å². The van der Waals surface area contributed by atoms with Crippen molar-refractivity contribution >= 4 is 5.91 Å². The lowest BCUT2D eigenvalue weighted by Crippen LogP contribution is -2.40. The molecule has 1 aliphatic rings. The molecule has 2 rings (SSSR count). The number of benzene rings is 1. The van der Waals surface area contributed by atoms with Gasteiger partial charge in [0, 0.05) is 30.8 Å². The summed E-state index contributed by atoms with van der Waals surface area (Å²) in [5, 5.41) is 0. The first-order chi connectivity index (χ1) is 11.3. The lowest BCUT2D eigenvalue weighted by molar-refractivity contribution is 0.0302. The summed E-state index contributed by atoms with van der Waals surface area (Å²) in [7, 11) is 0. The fraction of sp³-hybridized carbons (Fsp3) is 0.611. The van der Waals surface area contributed by atoms with Crippen LogP contribution >= 0.6 is 0 Å². The van der Waals surface area contributed by atoms with E-state index in [0.29, 0.717) is 45.1 Å². The first kappa shape index (κ1) is 17.8. The van der Waals surface area contributed by atoms with Gasteiger partial charge in [0.2, 0.25) is 0 Å². The normalized spacial score (nSPS) is 14.8. The Kier molecular flexibility index (Phi) is 7.36. The van der Waals surface area contributed by atoms with Gasteiger partial charge in [-0.1, -0.05) is 13.3 Å². The zero-order valence-electron chi connectivity index (χ0n) is 14.2. The van der Waals surface area contributed by atoms with E-state index in [-0.39, 0.29) is 5.91 Å². The summed E-state index contributed by atoms with van der Waals surface area (Å²) < 4.78 is 16.7. The number of carbonyl (C=O) groups is 1. The summed E-state index contributed by atoms with van der Waals surface area (Å²) in [4.78, 5) is 14.4. The Hall–Kier alpha value is -1.59. The van der Waals surface area contributed by atoms with Gasteiger partial charge in [0.25, 0.3) is 5.91 Å². The second-order valence-corrected chi connectivity index (χ2v) is 5.57. The van der Waals surface area contributed by atoms with E-state index < -0.39 is 0 Å². The predicted octanol–water partition coefficient (Wildman–Crippen LogP) is 2.87. The smallest absolute Gasteiger partial charge is 0.254 e. The Morgan fingerprint density at radius 3 is 2.74 bits per heavy atom. The van der Waals surface area contributed by atoms with E-state index in [0.717, 1.165) is 30.8 Å². The number of rotatable bonds is 8. The molecule has 1 heterocycles. The Bertz CT molecular complexity index is 498. The van der Waals surface area contributed by atoms with E-state index >= 15 is 0 Å². The van der Waals surface area contributed by atoms with Crippen LogP contribution in [-0.2, 0) is 16.1 Å². The summed E-state index contributed by atoms with van der Waals surface area (Å²) >= 11 is 0. The molecule has 128 valence electrons. The maximum Gasteiger partial charge on any atom is 0.254 e. The van der Waals surface area contributed by atoms with Gasteiger partial charge in [-0.25, -0.2) is 0 Å². The van der Waals surface area contributed by atoms with Crippen LogP contribution in [0.3, 0.4) is 0 Å². The van der Waals surface area contributed by atoms with E-state index in [1.165, 1.54) is 0 Å². The molecule has 0 N–H and O–H groups in total. The molecule has 23 heavy (non-hydrogen) atoms. The molecule has 0 spiro atoms. The predicted molar refractivity (Wildman–Crippen MR) is 88.9 cm³/mol. The van der Waals surface area contributed by atoms with E-state index in [9.17, 15) is 4.79 Å². The molecule has 0 unspecified atom stereocenters. The number of unbranched alkanes of at least 4 members (excludes halogenated alkanes) is 1. The van der Waals surface area contributed by atoms with Crippen molar-refractivity contribution in [3.8, 4) is 5.75 Å². The molecular formula is C18H27NO4. The number of carbonyl (C=O) groups excluding carboxylic acids is 1. The highest BCUT2D eigenvalue weighted by atomic mass is 16.5. The molecule has 0 aromatic heterocycles. The zero-order valence-corrected chi connectivity index (χ0v) is 14.2. The Morgan fingerprint density at radius 2 is 2.04 bits per heavy atom. The van der Waals surface area contributed by atoms with Gasteiger partial charge in [-0.2, -0.15) is 0 Å². The quantitative estimate of drug-likeness (QED) is 0.691. The van der Waals surface area contributed by atoms with Crippen LogP contribution in [0.25, 0.3) is 0 Å². The van der Waals surface area contributed by atoms with Gasteiger partial charge in [-0.05, 0) is 31.5 Å². The van der Waals surface area contributed by atoms with Crippen molar-refractivity contribution in [1.82, 2.24) is 4.90 Å². The number of nitrogens with zero attached hydrogens (tertiary/aromatic N) is 1. The first-order valence-electron chi connectivity index (χ1n) is 8.46. The first-order valence-corrected chi connectivity index (χ1v) is 8.46. The number of amides is 1. The minimum absolute atomic E-state index is 0.0474. The molecule has 1 amide bonds. The van der Waals surface area contributed by atoms with E-state index in [1.807, 2.05) is 30.0 Å². The second-order valence-electron chi connectivity index (χ2n) is 5.57. The zero-order chi connectivity index (χ0) is 16.5. The van der Waals surface area contributed by atoms with Crippen molar-refractivity contribution in [3.05, 3.63) is 29.3 Å². The highest BCUT2D eigenvalue weighted by molar-refractivity contribution is 5.94. The molecule has 1 aromatic rings. The summed E-state index contributed by atoms with van der Waals surface area (Å²) in [6.07, 6.45) is 2.14. The van der Waals surface area contributed by atoms with E-state index in [4.69, 9.17) is 14.2 Å². The summed E-state index contributed by atoms with van der Waals surface area (Å²) in [6, 6.07) is 5.60. The topological polar surface area (TPSA) is 48.0 Å². The van der Waals surface area contributed by atoms with Crippen LogP contribution in [0.1, 0.15) is 42.6 Å². The van der Waals surface area contributed by atoms with Crippen LogP contribution in [0, 0.1) is 0 Å². The van der Waals surface area contributed by atoms with Crippen LogP contribution in [0.15, 0.2) is 18.2 Å². The fourth-order valence-corrected chi connectivity index (χ4v) is 2.50. The van der Waals surface area contributed by atoms with Crippen molar-refractivity contribution in [2.24, 2.45) is 0 Å². The largest absolute Gasteiger partial charge is 0.494 e. The average Bonchev–Trinajstić information content (AvgIpc) is 2.60. The second kappa shape index (κ2) is 9.53. The summed E-state index contributed by atoms with van der Waals surface area (Å²) in [5.41, 5.74) is 1.62. The van der Waals surface area contributed by atoms with Crippen molar-refractivity contribution < 1.29 is 19.0 Å². The van der Waals surface area contributed by atoms with Crippen molar-refractivity contribution in [2.75, 3.05) is 39.5 Å². The molecule has 1 aromatic carbocycles. The van der Waals surface area contributed by atoms with Crippen LogP contribution in [-0.4, -0.2) is 50.3 Å². The standard InChI is InChI=1S/C18H27NO4/c1-3-5-10-22-14-16-13-15(6-7-17(16)23-4-2)18(20)19-8-11-21-12-9-19/h6-7,13H,3-5,8-12,14H2,1-2H3. The summed E-state index contributed by atoms with van der Waals surface area (Å²) in [6.45, 7) is 8.39. The summed E-state index contributed by atoms with van der Waals surface area (Å²) in [5.74, 6) is 0.841. The van der Waals surface area contributed by atoms with Gasteiger partial charge in [0.15, 0.2) is 0 Å². The Balaban J connectivity index is 2.08. The average molecular weight is 321 g/mol. The highest BCUT2D eigenvalue weighted by Crippen LogP contribution is 2.22. The molecule has 0 saturated carbocycles. The molecule has 1 aliphatic heterocycles. The van der Waals surface area contributed by atoms with Gasteiger partial charge in [-0.3, -0.25) is 4.79 Å². The number of hydrogen-bond donors (Lipinski definition) is 0. The van der Waals surface area contributed by atoms with Gasteiger partial charge >= 0.3 is 0 Å². The Labute approximate surface area is 138 Å².